The van der Waals surface area contributed by atoms with Gasteiger partial charge in [-0.15, -0.1) is 0 Å². The Bertz CT molecular complexity index is 555. The van der Waals surface area contributed by atoms with Gasteiger partial charge in [-0.2, -0.15) is 9.40 Å². The Morgan fingerprint density at radius 2 is 2.24 bits per heavy atom. The summed E-state index contributed by atoms with van der Waals surface area (Å²) in [5, 5.41) is 7.16. The average molecular weight is 315 g/mol. The normalized spacial score (nSPS) is 20.5. The summed E-state index contributed by atoms with van der Waals surface area (Å²) in [5.74, 6) is 0. The van der Waals surface area contributed by atoms with E-state index in [0.29, 0.717) is 18.0 Å². The second-order valence-corrected chi connectivity index (χ2v) is 7.61. The van der Waals surface area contributed by atoms with Crippen molar-refractivity contribution in [2.75, 3.05) is 40.8 Å². The Morgan fingerprint density at radius 3 is 2.90 bits per heavy atom. The molecule has 0 bridgehead atoms. The summed E-state index contributed by atoms with van der Waals surface area (Å²) < 4.78 is 28.8. The minimum Gasteiger partial charge on any atom is -0.318 e. The molecule has 1 atom stereocenters. The number of likely N-dealkylation sites (N-methyl/N-ethyl adjacent to an activating group) is 2. The van der Waals surface area contributed by atoms with Gasteiger partial charge >= 0.3 is 0 Å². The van der Waals surface area contributed by atoms with Crippen LogP contribution < -0.4 is 5.32 Å². The number of sulfonamides is 1. The SMILES string of the molecule is CNCCn1cc(S(=O)(=O)N2CCCC2CN(C)C)cn1. The highest BCUT2D eigenvalue weighted by atomic mass is 32.2. The number of rotatable bonds is 7. The lowest BCUT2D eigenvalue weighted by Gasteiger charge is -2.25. The smallest absolute Gasteiger partial charge is 0.246 e. The van der Waals surface area contributed by atoms with Crippen LogP contribution in [0.4, 0.5) is 0 Å². The molecule has 2 rings (SSSR count). The number of aromatic nitrogens is 2. The third-order valence-electron chi connectivity index (χ3n) is 3.71. The zero-order valence-electron chi connectivity index (χ0n) is 13.0. The maximum Gasteiger partial charge on any atom is 0.246 e. The first kappa shape index (κ1) is 16.4. The second-order valence-electron chi connectivity index (χ2n) is 5.72. The number of hydrogen-bond donors (Lipinski definition) is 1. The molecule has 1 aliphatic heterocycles. The van der Waals surface area contributed by atoms with E-state index >= 15 is 0 Å². The van der Waals surface area contributed by atoms with Crippen LogP contribution in [0.3, 0.4) is 0 Å². The fraction of sp³-hybridized carbons (Fsp3) is 0.769. The molecule has 1 aromatic heterocycles. The molecule has 120 valence electrons. The van der Waals surface area contributed by atoms with Gasteiger partial charge in [0.2, 0.25) is 10.0 Å². The van der Waals surface area contributed by atoms with Crippen LogP contribution in [0.2, 0.25) is 0 Å². The Labute approximate surface area is 127 Å². The topological polar surface area (TPSA) is 70.5 Å². The zero-order valence-corrected chi connectivity index (χ0v) is 13.8. The lowest BCUT2D eigenvalue weighted by molar-refractivity contribution is 0.291. The van der Waals surface area contributed by atoms with Crippen molar-refractivity contribution < 1.29 is 8.42 Å². The quantitative estimate of drug-likeness (QED) is 0.756. The van der Waals surface area contributed by atoms with E-state index in [9.17, 15) is 8.42 Å². The van der Waals surface area contributed by atoms with Gasteiger partial charge in [0.05, 0.1) is 12.7 Å². The Kier molecular flexibility index (Phi) is 5.37. The molecule has 7 nitrogen and oxygen atoms in total. The molecule has 1 fully saturated rings. The van der Waals surface area contributed by atoms with Crippen LogP contribution in [0.5, 0.6) is 0 Å². The lowest BCUT2D eigenvalue weighted by Crippen LogP contribution is -2.41. The van der Waals surface area contributed by atoms with Crippen LogP contribution in [-0.2, 0) is 16.6 Å². The molecule has 1 aliphatic rings. The first-order valence-corrected chi connectivity index (χ1v) is 8.73. The van der Waals surface area contributed by atoms with Gasteiger partial charge in [-0.25, -0.2) is 8.42 Å². The Balaban J connectivity index is 2.15. The maximum absolute atomic E-state index is 12.8. The highest BCUT2D eigenvalue weighted by molar-refractivity contribution is 7.89. The molecule has 0 spiro atoms. The van der Waals surface area contributed by atoms with Crippen molar-refractivity contribution in [2.24, 2.45) is 0 Å². The minimum absolute atomic E-state index is 0.0608. The van der Waals surface area contributed by atoms with Gasteiger partial charge in [0.25, 0.3) is 0 Å². The van der Waals surface area contributed by atoms with Crippen molar-refractivity contribution in [3.63, 3.8) is 0 Å². The van der Waals surface area contributed by atoms with Crippen molar-refractivity contribution in [3.8, 4) is 0 Å². The molecule has 1 aromatic rings. The van der Waals surface area contributed by atoms with Crippen LogP contribution in [0.15, 0.2) is 17.3 Å². The molecule has 2 heterocycles. The predicted molar refractivity (Wildman–Crippen MR) is 81.6 cm³/mol. The van der Waals surface area contributed by atoms with E-state index in [1.54, 1.807) is 15.2 Å². The second kappa shape index (κ2) is 6.87. The van der Waals surface area contributed by atoms with Crippen molar-refractivity contribution in [2.45, 2.75) is 30.3 Å². The highest BCUT2D eigenvalue weighted by Gasteiger charge is 2.36. The van der Waals surface area contributed by atoms with E-state index in [2.05, 4.69) is 10.4 Å². The molecular weight excluding hydrogens is 290 g/mol. The van der Waals surface area contributed by atoms with Gasteiger partial charge in [-0.1, -0.05) is 0 Å². The van der Waals surface area contributed by atoms with Crippen LogP contribution in [0.25, 0.3) is 0 Å². The summed E-state index contributed by atoms with van der Waals surface area (Å²) in [6.45, 7) is 2.77. The zero-order chi connectivity index (χ0) is 15.5. The molecule has 21 heavy (non-hydrogen) atoms. The fourth-order valence-corrected chi connectivity index (χ4v) is 4.33. The van der Waals surface area contributed by atoms with Crippen molar-refractivity contribution >= 4 is 10.0 Å². The molecular formula is C13H25N5O2S. The number of nitrogens with one attached hydrogen (secondary N) is 1. The predicted octanol–water partition coefficient (Wildman–Crippen LogP) is -0.183. The van der Waals surface area contributed by atoms with E-state index in [1.807, 2.05) is 26.0 Å². The number of hydrogen-bond acceptors (Lipinski definition) is 5. The minimum atomic E-state index is -3.43. The molecule has 1 N–H and O–H groups in total. The molecule has 0 aromatic carbocycles. The van der Waals surface area contributed by atoms with Crippen molar-refractivity contribution in [3.05, 3.63) is 12.4 Å². The van der Waals surface area contributed by atoms with E-state index in [0.717, 1.165) is 25.9 Å². The summed E-state index contributed by atoms with van der Waals surface area (Å²) in [5.41, 5.74) is 0. The molecule has 8 heteroatoms. The van der Waals surface area contributed by atoms with Gasteiger partial charge in [-0.05, 0) is 34.0 Å². The van der Waals surface area contributed by atoms with Gasteiger partial charge < -0.3 is 10.2 Å². The van der Waals surface area contributed by atoms with E-state index < -0.39 is 10.0 Å². The summed E-state index contributed by atoms with van der Waals surface area (Å²) in [6.07, 6.45) is 4.92. The van der Waals surface area contributed by atoms with E-state index in [1.165, 1.54) is 6.20 Å². The van der Waals surface area contributed by atoms with Crippen molar-refractivity contribution in [1.29, 1.82) is 0 Å². The van der Waals surface area contributed by atoms with E-state index in [4.69, 9.17) is 0 Å². The van der Waals surface area contributed by atoms with Crippen LogP contribution in [0, 0.1) is 0 Å². The molecule has 1 unspecified atom stereocenters. The van der Waals surface area contributed by atoms with Crippen molar-refractivity contribution in [1.82, 2.24) is 24.3 Å². The monoisotopic (exact) mass is 315 g/mol. The molecule has 0 radical (unpaired) electrons. The maximum atomic E-state index is 12.8. The molecule has 0 amide bonds. The Morgan fingerprint density at radius 1 is 1.48 bits per heavy atom. The molecule has 1 saturated heterocycles. The van der Waals surface area contributed by atoms with Gasteiger partial charge in [-0.3, -0.25) is 4.68 Å². The average Bonchev–Trinajstić information content (AvgIpc) is 3.04. The van der Waals surface area contributed by atoms with Crippen LogP contribution in [-0.4, -0.2) is 74.2 Å². The first-order chi connectivity index (χ1) is 9.95. The summed E-state index contributed by atoms with van der Waals surface area (Å²) in [6, 6.07) is 0.0608. The van der Waals surface area contributed by atoms with Gasteiger partial charge in [0.1, 0.15) is 4.90 Å². The standard InChI is InChI=1S/C13H25N5O2S/c1-14-6-8-17-11-13(9-15-17)21(19,20)18-7-4-5-12(18)10-16(2)3/h9,11-12,14H,4-8,10H2,1-3H3. The van der Waals surface area contributed by atoms with Gasteiger partial charge in [0, 0.05) is 31.9 Å². The van der Waals surface area contributed by atoms with E-state index in [-0.39, 0.29) is 6.04 Å². The van der Waals surface area contributed by atoms with Crippen LogP contribution in [0.1, 0.15) is 12.8 Å². The lowest BCUT2D eigenvalue weighted by atomic mass is 10.2. The first-order valence-electron chi connectivity index (χ1n) is 7.29. The van der Waals surface area contributed by atoms with Gasteiger partial charge in [0.15, 0.2) is 0 Å². The Hall–Kier alpha value is -0.960. The summed E-state index contributed by atoms with van der Waals surface area (Å²) >= 11 is 0. The third kappa shape index (κ3) is 3.82. The molecule has 0 aliphatic carbocycles. The highest BCUT2D eigenvalue weighted by Crippen LogP contribution is 2.26. The fourth-order valence-electron chi connectivity index (χ4n) is 2.69. The number of nitrogens with zero attached hydrogens (tertiary/aromatic N) is 4. The third-order valence-corrected chi connectivity index (χ3v) is 5.61. The summed E-state index contributed by atoms with van der Waals surface area (Å²) in [4.78, 5) is 2.33. The van der Waals surface area contributed by atoms with Crippen LogP contribution >= 0.6 is 0 Å². The largest absolute Gasteiger partial charge is 0.318 e. The molecule has 0 saturated carbocycles. The summed E-state index contributed by atoms with van der Waals surface area (Å²) in [7, 11) is 2.37.